The van der Waals surface area contributed by atoms with Crippen LogP contribution in [-0.4, -0.2) is 51.2 Å². The van der Waals surface area contributed by atoms with Gasteiger partial charge in [0.05, 0.1) is 17.7 Å². The molecule has 0 spiro atoms. The van der Waals surface area contributed by atoms with Gasteiger partial charge < -0.3 is 9.47 Å². The molecule has 0 aliphatic rings. The fourth-order valence-corrected chi connectivity index (χ4v) is 2.58. The maximum Gasteiger partial charge on any atom is 0.364 e. The minimum atomic E-state index is -0.793. The van der Waals surface area contributed by atoms with Crippen LogP contribution in [0.2, 0.25) is 5.02 Å². The average Bonchev–Trinajstić information content (AvgIpc) is 3.19. The summed E-state index contributed by atoms with van der Waals surface area (Å²) in [6, 6.07) is 11.8. The van der Waals surface area contributed by atoms with Gasteiger partial charge in [-0.1, -0.05) is 16.4 Å². The maximum atomic E-state index is 12.4. The third-order valence-electron chi connectivity index (χ3n) is 4.01. The quantitative estimate of drug-likeness (QED) is 0.157. The number of hydrogen-bond acceptors (Lipinski definition) is 9. The minimum absolute atomic E-state index is 0.0720. The standard InChI is InChI=1S/C20H16ClN5O6/c1-2-31-20(28)18-19(32-12-17(27)14-5-7-15(21)8-6-14)25(24-23-18)22-11-13-3-9-16(10-4-13)26(29)30/h3-11H,2,12H2,1H3. The summed E-state index contributed by atoms with van der Waals surface area (Å²) in [4.78, 5) is 35.7. The molecule has 0 amide bonds. The molecule has 0 radical (unpaired) electrons. The molecule has 12 heteroatoms. The Labute approximate surface area is 186 Å². The number of ether oxygens (including phenoxy) is 2. The maximum absolute atomic E-state index is 12.4. The normalized spacial score (nSPS) is 10.8. The second-order valence-electron chi connectivity index (χ2n) is 6.17. The number of rotatable bonds is 9. The van der Waals surface area contributed by atoms with E-state index < -0.39 is 17.5 Å². The van der Waals surface area contributed by atoms with Crippen molar-refractivity contribution < 1.29 is 24.0 Å². The van der Waals surface area contributed by atoms with Crippen molar-refractivity contribution in [2.75, 3.05) is 13.2 Å². The first kappa shape index (κ1) is 22.6. The highest BCUT2D eigenvalue weighted by Crippen LogP contribution is 2.18. The van der Waals surface area contributed by atoms with Crippen molar-refractivity contribution in [3.63, 3.8) is 0 Å². The first-order valence-electron chi connectivity index (χ1n) is 9.22. The molecule has 3 aromatic rings. The fraction of sp³-hybridized carbons (Fsp3) is 0.150. The predicted octanol–water partition coefficient (Wildman–Crippen LogP) is 3.16. The topological polar surface area (TPSA) is 139 Å². The number of nitro groups is 1. The molecule has 0 aliphatic heterocycles. The van der Waals surface area contributed by atoms with Crippen LogP contribution < -0.4 is 4.74 Å². The predicted molar refractivity (Wildman–Crippen MR) is 113 cm³/mol. The zero-order chi connectivity index (χ0) is 23.1. The van der Waals surface area contributed by atoms with Gasteiger partial charge in [0.1, 0.15) is 0 Å². The molecule has 3 rings (SSSR count). The monoisotopic (exact) mass is 457 g/mol. The third-order valence-corrected chi connectivity index (χ3v) is 4.26. The van der Waals surface area contributed by atoms with Crippen LogP contribution in [-0.2, 0) is 4.74 Å². The molecular weight excluding hydrogens is 442 g/mol. The SMILES string of the molecule is CCOC(=O)c1nnn(N=Cc2ccc([N+](=O)[O-])cc2)c1OCC(=O)c1ccc(Cl)cc1. The van der Waals surface area contributed by atoms with Crippen molar-refractivity contribution in [3.8, 4) is 5.88 Å². The number of aromatic nitrogens is 3. The van der Waals surface area contributed by atoms with Crippen molar-refractivity contribution >= 4 is 35.3 Å². The Morgan fingerprint density at radius 2 is 1.88 bits per heavy atom. The van der Waals surface area contributed by atoms with Gasteiger partial charge >= 0.3 is 5.97 Å². The Morgan fingerprint density at radius 1 is 1.19 bits per heavy atom. The van der Waals surface area contributed by atoms with Crippen LogP contribution >= 0.6 is 11.6 Å². The van der Waals surface area contributed by atoms with Crippen molar-refractivity contribution in [2.45, 2.75) is 6.92 Å². The molecule has 1 heterocycles. The van der Waals surface area contributed by atoms with Crippen LogP contribution in [0, 0.1) is 10.1 Å². The van der Waals surface area contributed by atoms with Crippen molar-refractivity contribution in [2.24, 2.45) is 5.10 Å². The number of Topliss-reactive ketones (excluding diaryl/α,β-unsaturated/α-hetero) is 1. The van der Waals surface area contributed by atoms with E-state index in [0.29, 0.717) is 16.1 Å². The molecule has 0 aliphatic carbocycles. The van der Waals surface area contributed by atoms with Crippen molar-refractivity contribution in [1.82, 2.24) is 15.1 Å². The lowest BCUT2D eigenvalue weighted by atomic mass is 10.1. The molecule has 1 aromatic heterocycles. The van der Waals surface area contributed by atoms with Gasteiger partial charge in [-0.3, -0.25) is 14.9 Å². The van der Waals surface area contributed by atoms with Crippen LogP contribution in [0.5, 0.6) is 5.88 Å². The number of halogens is 1. The second-order valence-corrected chi connectivity index (χ2v) is 6.60. The van der Waals surface area contributed by atoms with Crippen molar-refractivity contribution in [3.05, 3.63) is 80.5 Å². The number of esters is 1. The van der Waals surface area contributed by atoms with Gasteiger partial charge in [0.15, 0.2) is 12.4 Å². The molecular formula is C20H16ClN5O6. The van der Waals surface area contributed by atoms with Gasteiger partial charge in [-0.2, -0.15) is 5.10 Å². The number of carbonyl (C=O) groups is 2. The van der Waals surface area contributed by atoms with Crippen molar-refractivity contribution in [1.29, 1.82) is 0 Å². The lowest BCUT2D eigenvalue weighted by Gasteiger charge is -2.07. The summed E-state index contributed by atoms with van der Waals surface area (Å²) < 4.78 is 10.4. The van der Waals surface area contributed by atoms with E-state index >= 15 is 0 Å². The summed E-state index contributed by atoms with van der Waals surface area (Å²) in [6.07, 6.45) is 1.33. The molecule has 32 heavy (non-hydrogen) atoms. The highest BCUT2D eigenvalue weighted by Gasteiger charge is 2.24. The summed E-state index contributed by atoms with van der Waals surface area (Å²) >= 11 is 5.83. The average molecular weight is 458 g/mol. The fourth-order valence-electron chi connectivity index (χ4n) is 2.45. The van der Waals surface area contributed by atoms with Crippen LogP contribution in [0.25, 0.3) is 0 Å². The van der Waals surface area contributed by atoms with E-state index in [4.69, 9.17) is 21.1 Å². The van der Waals surface area contributed by atoms with E-state index in [1.807, 2.05) is 0 Å². The molecule has 0 saturated heterocycles. The van der Waals surface area contributed by atoms with Gasteiger partial charge in [-0.25, -0.2) is 4.79 Å². The van der Waals surface area contributed by atoms with E-state index in [2.05, 4.69) is 15.4 Å². The molecule has 0 bridgehead atoms. The second kappa shape index (κ2) is 10.3. The Balaban J connectivity index is 1.82. The summed E-state index contributed by atoms with van der Waals surface area (Å²) in [7, 11) is 0. The van der Waals surface area contributed by atoms with Gasteiger partial charge in [-0.05, 0) is 54.1 Å². The smallest absolute Gasteiger partial charge is 0.364 e. The Kier molecular flexibility index (Phi) is 7.24. The number of carbonyl (C=O) groups excluding carboxylic acids is 2. The first-order valence-corrected chi connectivity index (χ1v) is 9.60. The number of nitrogens with zero attached hydrogens (tertiary/aromatic N) is 5. The Hall–Kier alpha value is -4.12. The molecule has 11 nitrogen and oxygen atoms in total. The highest BCUT2D eigenvalue weighted by molar-refractivity contribution is 6.30. The van der Waals surface area contributed by atoms with Crippen LogP contribution in [0.15, 0.2) is 53.6 Å². The third kappa shape index (κ3) is 5.52. The molecule has 2 aromatic carbocycles. The zero-order valence-corrected chi connectivity index (χ0v) is 17.4. The summed E-state index contributed by atoms with van der Waals surface area (Å²) in [6.45, 7) is 1.30. The number of nitro benzene ring substituents is 1. The first-order chi connectivity index (χ1) is 15.4. The van der Waals surface area contributed by atoms with E-state index in [9.17, 15) is 19.7 Å². The zero-order valence-electron chi connectivity index (χ0n) is 16.7. The number of benzene rings is 2. The van der Waals surface area contributed by atoms with E-state index in [1.54, 1.807) is 31.2 Å². The summed E-state index contributed by atoms with van der Waals surface area (Å²) in [5.74, 6) is -1.36. The lowest BCUT2D eigenvalue weighted by molar-refractivity contribution is -0.384. The minimum Gasteiger partial charge on any atom is -0.466 e. The molecule has 0 unspecified atom stereocenters. The lowest BCUT2D eigenvalue weighted by Crippen LogP contribution is -2.15. The van der Waals surface area contributed by atoms with Gasteiger partial charge in [0.2, 0.25) is 5.69 Å². The summed E-state index contributed by atoms with van der Waals surface area (Å²) in [5.41, 5.74) is 0.557. The molecule has 164 valence electrons. The molecule has 0 fully saturated rings. The number of hydrogen-bond donors (Lipinski definition) is 0. The van der Waals surface area contributed by atoms with Gasteiger partial charge in [-0.15, -0.1) is 5.10 Å². The van der Waals surface area contributed by atoms with Crippen LogP contribution in [0.3, 0.4) is 0 Å². The molecule has 0 saturated carbocycles. The summed E-state index contributed by atoms with van der Waals surface area (Å²) in [5, 5.41) is 22.8. The molecule has 0 N–H and O–H groups in total. The Morgan fingerprint density at radius 3 is 2.50 bits per heavy atom. The van der Waals surface area contributed by atoms with E-state index in [-0.39, 0.29) is 29.7 Å². The van der Waals surface area contributed by atoms with Gasteiger partial charge in [0, 0.05) is 22.7 Å². The molecule has 0 atom stereocenters. The Bertz CT molecular complexity index is 1160. The van der Waals surface area contributed by atoms with E-state index in [0.717, 1.165) is 4.79 Å². The highest BCUT2D eigenvalue weighted by atomic mass is 35.5. The van der Waals surface area contributed by atoms with Gasteiger partial charge in [0.25, 0.3) is 11.6 Å². The largest absolute Gasteiger partial charge is 0.466 e. The number of non-ortho nitro benzene ring substituents is 1. The van der Waals surface area contributed by atoms with E-state index in [1.165, 1.54) is 30.5 Å². The number of ketones is 1. The van der Waals surface area contributed by atoms with Crippen LogP contribution in [0.4, 0.5) is 5.69 Å². The van der Waals surface area contributed by atoms with Crippen LogP contribution in [0.1, 0.15) is 33.3 Å².